The number of nitrogens with one attached hydrogen (secondary N) is 2. The van der Waals surface area contributed by atoms with Gasteiger partial charge in [-0.25, -0.2) is 0 Å². The number of amides is 1. The van der Waals surface area contributed by atoms with E-state index in [1.807, 2.05) is 0 Å². The summed E-state index contributed by atoms with van der Waals surface area (Å²) in [7, 11) is 0. The van der Waals surface area contributed by atoms with Crippen molar-refractivity contribution in [2.24, 2.45) is 0 Å². The molecule has 5 heteroatoms. The first-order chi connectivity index (χ1) is 10.1. The Morgan fingerprint density at radius 1 is 1.43 bits per heavy atom. The second kappa shape index (κ2) is 6.92. The van der Waals surface area contributed by atoms with Crippen LogP contribution in [0.25, 0.3) is 0 Å². The number of hydrogen-bond donors (Lipinski definition) is 3. The summed E-state index contributed by atoms with van der Waals surface area (Å²) < 4.78 is 5.78. The van der Waals surface area contributed by atoms with E-state index in [1.54, 1.807) is 19.1 Å². The summed E-state index contributed by atoms with van der Waals surface area (Å²) in [5.41, 5.74) is 0.977. The van der Waals surface area contributed by atoms with Gasteiger partial charge >= 0.3 is 0 Å². The molecule has 1 aliphatic carbocycles. The lowest BCUT2D eigenvalue weighted by atomic mass is 10.2. The summed E-state index contributed by atoms with van der Waals surface area (Å²) in [4.78, 5) is 12.3. The third-order valence-corrected chi connectivity index (χ3v) is 3.47. The van der Waals surface area contributed by atoms with E-state index in [0.717, 1.165) is 31.9 Å². The molecule has 0 aliphatic heterocycles. The molecule has 21 heavy (non-hydrogen) atoms. The highest BCUT2D eigenvalue weighted by molar-refractivity contribution is 6.05. The Balaban J connectivity index is 2.12. The Hall–Kier alpha value is -2.30. The van der Waals surface area contributed by atoms with Crippen LogP contribution in [0.15, 0.2) is 35.6 Å². The first-order valence-corrected chi connectivity index (χ1v) is 7.08. The van der Waals surface area contributed by atoms with Gasteiger partial charge in [-0.1, -0.05) is 6.07 Å². The maximum atomic E-state index is 12.3. The van der Waals surface area contributed by atoms with E-state index in [2.05, 4.69) is 5.32 Å². The molecule has 0 atom stereocenters. The third kappa shape index (κ3) is 4.08. The van der Waals surface area contributed by atoms with Crippen molar-refractivity contribution in [1.82, 2.24) is 0 Å². The molecule has 1 amide bonds. The number of allylic oxidation sites excluding steroid dienone is 1. The van der Waals surface area contributed by atoms with Crippen LogP contribution in [0.2, 0.25) is 0 Å². The average molecular weight is 288 g/mol. The molecule has 1 aromatic rings. The summed E-state index contributed by atoms with van der Waals surface area (Å²) in [6.45, 7) is 1.68. The van der Waals surface area contributed by atoms with Gasteiger partial charge in [0.25, 0.3) is 5.91 Å². The zero-order valence-corrected chi connectivity index (χ0v) is 12.1. The molecule has 2 rings (SSSR count). The van der Waals surface area contributed by atoms with Crippen molar-refractivity contribution in [2.45, 2.75) is 38.7 Å². The molecule has 0 unspecified atom stereocenters. The molecule has 1 aliphatic rings. The normalized spacial score (nSPS) is 16.2. The van der Waals surface area contributed by atoms with Crippen molar-refractivity contribution in [1.29, 1.82) is 5.41 Å². The minimum absolute atomic E-state index is 0.0461. The van der Waals surface area contributed by atoms with Crippen molar-refractivity contribution < 1.29 is 14.6 Å². The van der Waals surface area contributed by atoms with Crippen molar-refractivity contribution >= 4 is 17.8 Å². The quantitative estimate of drug-likeness (QED) is 0.442. The number of phenols is 1. The number of hydrogen-bond acceptors (Lipinski definition) is 4. The first kappa shape index (κ1) is 15.1. The van der Waals surface area contributed by atoms with E-state index in [1.165, 1.54) is 12.1 Å². The van der Waals surface area contributed by atoms with Crippen molar-refractivity contribution in [3.63, 3.8) is 0 Å². The van der Waals surface area contributed by atoms with Crippen molar-refractivity contribution in [3.05, 3.63) is 35.6 Å². The molecule has 0 radical (unpaired) electrons. The van der Waals surface area contributed by atoms with Crippen LogP contribution in [0.3, 0.4) is 0 Å². The predicted octanol–water partition coefficient (Wildman–Crippen LogP) is 3.21. The van der Waals surface area contributed by atoms with E-state index < -0.39 is 5.91 Å². The molecule has 1 aromatic carbocycles. The van der Waals surface area contributed by atoms with E-state index in [-0.39, 0.29) is 17.6 Å². The summed E-state index contributed by atoms with van der Waals surface area (Å²) in [6, 6.07) is 6.33. The standard InChI is InChI=1S/C16H20N2O3/c1-11(10-17)15(21-14-7-2-3-8-14)16(20)18-12-5-4-6-13(19)9-12/h4-6,9-10,14,17,19H,2-3,7-8H2,1H3,(H,18,20)/b15-11+,17-10?. The maximum Gasteiger partial charge on any atom is 0.291 e. The minimum atomic E-state index is -0.395. The van der Waals surface area contributed by atoms with Gasteiger partial charge in [0.1, 0.15) is 5.75 Å². The number of benzene rings is 1. The number of anilines is 1. The highest BCUT2D eigenvalue weighted by Gasteiger charge is 2.22. The van der Waals surface area contributed by atoms with Gasteiger partial charge in [0, 0.05) is 23.5 Å². The first-order valence-electron chi connectivity index (χ1n) is 7.08. The van der Waals surface area contributed by atoms with Gasteiger partial charge in [-0.05, 0) is 44.7 Å². The lowest BCUT2D eigenvalue weighted by Gasteiger charge is -2.17. The molecule has 0 spiro atoms. The number of rotatable bonds is 5. The van der Waals surface area contributed by atoms with Crippen LogP contribution < -0.4 is 5.32 Å². The smallest absolute Gasteiger partial charge is 0.291 e. The molecule has 5 nitrogen and oxygen atoms in total. The average Bonchev–Trinajstić information content (AvgIpc) is 2.97. The second-order valence-electron chi connectivity index (χ2n) is 5.19. The van der Waals surface area contributed by atoms with E-state index in [9.17, 15) is 9.90 Å². The van der Waals surface area contributed by atoms with Gasteiger partial charge < -0.3 is 20.6 Å². The van der Waals surface area contributed by atoms with Crippen LogP contribution in [0.1, 0.15) is 32.6 Å². The number of carbonyl (C=O) groups excluding carboxylic acids is 1. The Kier molecular flexibility index (Phi) is 4.98. The van der Waals surface area contributed by atoms with Crippen LogP contribution in [0.4, 0.5) is 5.69 Å². The Morgan fingerprint density at radius 3 is 2.76 bits per heavy atom. The fourth-order valence-electron chi connectivity index (χ4n) is 2.34. The highest BCUT2D eigenvalue weighted by atomic mass is 16.5. The maximum absolute atomic E-state index is 12.3. The highest BCUT2D eigenvalue weighted by Crippen LogP contribution is 2.25. The molecule has 3 N–H and O–H groups in total. The number of aromatic hydroxyl groups is 1. The van der Waals surface area contributed by atoms with Gasteiger partial charge in [0.2, 0.25) is 0 Å². The minimum Gasteiger partial charge on any atom is -0.508 e. The summed E-state index contributed by atoms with van der Waals surface area (Å²) in [5, 5.41) is 19.4. The molecule has 0 aromatic heterocycles. The molecular weight excluding hydrogens is 268 g/mol. The topological polar surface area (TPSA) is 82.4 Å². The Morgan fingerprint density at radius 2 is 2.14 bits per heavy atom. The largest absolute Gasteiger partial charge is 0.508 e. The zero-order chi connectivity index (χ0) is 15.2. The van der Waals surface area contributed by atoms with Crippen molar-refractivity contribution in [2.75, 3.05) is 5.32 Å². The number of ether oxygens (including phenoxy) is 1. The molecule has 1 fully saturated rings. The fourth-order valence-corrected chi connectivity index (χ4v) is 2.34. The summed E-state index contributed by atoms with van der Waals surface area (Å²) >= 11 is 0. The predicted molar refractivity (Wildman–Crippen MR) is 81.6 cm³/mol. The number of phenolic OH excluding ortho intramolecular Hbond substituents is 1. The van der Waals surface area contributed by atoms with Gasteiger partial charge in [-0.2, -0.15) is 0 Å². The third-order valence-electron chi connectivity index (χ3n) is 3.47. The van der Waals surface area contributed by atoms with Gasteiger partial charge in [-0.3, -0.25) is 4.79 Å². The molecule has 0 bridgehead atoms. The molecule has 0 heterocycles. The van der Waals surface area contributed by atoms with E-state index in [0.29, 0.717) is 11.3 Å². The van der Waals surface area contributed by atoms with Gasteiger partial charge in [0.15, 0.2) is 5.76 Å². The zero-order valence-electron chi connectivity index (χ0n) is 12.1. The van der Waals surface area contributed by atoms with E-state index >= 15 is 0 Å². The van der Waals surface area contributed by atoms with Gasteiger partial charge in [-0.15, -0.1) is 0 Å². The van der Waals surface area contributed by atoms with Crippen molar-refractivity contribution in [3.8, 4) is 5.75 Å². The van der Waals surface area contributed by atoms with Crippen LogP contribution in [-0.2, 0) is 9.53 Å². The van der Waals surface area contributed by atoms with Crippen LogP contribution in [-0.4, -0.2) is 23.3 Å². The lowest BCUT2D eigenvalue weighted by molar-refractivity contribution is -0.117. The summed E-state index contributed by atoms with van der Waals surface area (Å²) in [6.07, 6.45) is 5.25. The Bertz CT molecular complexity index is 560. The number of carbonyl (C=O) groups is 1. The molecule has 112 valence electrons. The SMILES string of the molecule is C/C(C=N)=C(\OC1CCCC1)C(=O)Nc1cccc(O)c1. The molecular formula is C16H20N2O3. The summed E-state index contributed by atoms with van der Waals surface area (Å²) in [5.74, 6) is -0.132. The van der Waals surface area contributed by atoms with Crippen LogP contribution >= 0.6 is 0 Å². The fraction of sp³-hybridized carbons (Fsp3) is 0.375. The van der Waals surface area contributed by atoms with Crippen LogP contribution in [0.5, 0.6) is 5.75 Å². The second-order valence-corrected chi connectivity index (χ2v) is 5.19. The lowest BCUT2D eigenvalue weighted by Crippen LogP contribution is -2.21. The van der Waals surface area contributed by atoms with E-state index in [4.69, 9.17) is 10.1 Å². The Labute approximate surface area is 124 Å². The van der Waals surface area contributed by atoms with Crippen LogP contribution in [0, 0.1) is 5.41 Å². The molecule has 1 saturated carbocycles. The van der Waals surface area contributed by atoms with Gasteiger partial charge in [0.05, 0.1) is 6.10 Å². The molecule has 0 saturated heterocycles. The monoisotopic (exact) mass is 288 g/mol.